The van der Waals surface area contributed by atoms with Gasteiger partial charge in [0.2, 0.25) is 0 Å². The Kier molecular flexibility index (Phi) is 5.82. The first kappa shape index (κ1) is 16.8. The Bertz CT molecular complexity index is 731. The lowest BCUT2D eigenvalue weighted by atomic mass is 10.2. The van der Waals surface area contributed by atoms with Crippen LogP contribution in [0.1, 0.15) is 17.7 Å². The molecule has 6 nitrogen and oxygen atoms in total. The monoisotopic (exact) mass is 358 g/mol. The Balaban J connectivity index is 2.07. The van der Waals surface area contributed by atoms with Crippen LogP contribution in [0.4, 0.5) is 0 Å². The minimum absolute atomic E-state index is 0.0219. The first-order valence-electron chi connectivity index (χ1n) is 6.19. The molecule has 1 N–H and O–H groups in total. The molecule has 116 valence electrons. The molecule has 0 atom stereocenters. The molecule has 0 bridgehead atoms. The summed E-state index contributed by atoms with van der Waals surface area (Å²) in [7, 11) is 0. The zero-order valence-electron chi connectivity index (χ0n) is 11.1. The van der Waals surface area contributed by atoms with Gasteiger partial charge in [0.25, 0.3) is 5.56 Å². The number of carboxylic acids is 1. The number of aromatic amines is 1. The number of hydrogen-bond donors (Lipinski definition) is 1. The minimum atomic E-state index is -1.24. The molecule has 1 aromatic heterocycles. The van der Waals surface area contributed by atoms with Crippen LogP contribution in [0.5, 0.6) is 0 Å². The number of benzene rings is 1. The normalized spacial score (nSPS) is 10.6. The van der Waals surface area contributed by atoms with Crippen LogP contribution in [0.2, 0.25) is 10.0 Å². The van der Waals surface area contributed by atoms with Gasteiger partial charge in [-0.1, -0.05) is 41.0 Å². The molecule has 2 rings (SSSR count). The number of nitrogens with zero attached hydrogens (tertiary/aromatic N) is 2. The number of hydrogen-bond acceptors (Lipinski definition) is 6. The average Bonchev–Trinajstić information content (AvgIpc) is 2.45. The maximum absolute atomic E-state index is 11.8. The van der Waals surface area contributed by atoms with Crippen molar-refractivity contribution in [1.29, 1.82) is 0 Å². The molecule has 0 saturated carbocycles. The summed E-state index contributed by atoms with van der Waals surface area (Å²) in [6.07, 6.45) is -0.300. The highest BCUT2D eigenvalue weighted by Crippen LogP contribution is 2.29. The fraction of sp³-hybridized carbons (Fsp3) is 0.231. The number of aliphatic carboxylic acids is 1. The SMILES string of the molecule is O=C([O-])CCc1nnc(SCc2c(Cl)cccc2Cl)[nH]c1=O. The third-order valence-corrected chi connectivity index (χ3v) is 4.32. The number of aryl methyl sites for hydroxylation is 1. The van der Waals surface area contributed by atoms with Crippen LogP contribution in [-0.4, -0.2) is 21.2 Å². The Labute approximate surface area is 139 Å². The number of carbonyl (C=O) groups excluding carboxylic acids is 1. The van der Waals surface area contributed by atoms with Crippen molar-refractivity contribution < 1.29 is 9.90 Å². The standard InChI is InChI=1S/C13H11Cl2N3O3S/c14-8-2-1-3-9(15)7(8)6-22-13-16-12(21)10(17-18-13)4-5-11(19)20/h1-3H,4-6H2,(H,19,20)(H,16,18,21)/p-1. The van der Waals surface area contributed by atoms with Gasteiger partial charge in [0.1, 0.15) is 5.69 Å². The fourth-order valence-corrected chi connectivity index (χ4v) is 3.15. The van der Waals surface area contributed by atoms with Crippen LogP contribution >= 0.6 is 35.0 Å². The molecule has 0 saturated heterocycles. The topological polar surface area (TPSA) is 98.8 Å². The molecule has 22 heavy (non-hydrogen) atoms. The van der Waals surface area contributed by atoms with Crippen molar-refractivity contribution in [2.45, 2.75) is 23.8 Å². The van der Waals surface area contributed by atoms with E-state index >= 15 is 0 Å². The van der Waals surface area contributed by atoms with Gasteiger partial charge in [-0.15, -0.1) is 10.2 Å². The molecular formula is C13H10Cl2N3O3S-. The summed E-state index contributed by atoms with van der Waals surface area (Å²) in [6, 6.07) is 5.19. The van der Waals surface area contributed by atoms with Crippen LogP contribution in [0, 0.1) is 0 Å². The van der Waals surface area contributed by atoms with E-state index in [0.717, 1.165) is 5.56 Å². The number of halogens is 2. The van der Waals surface area contributed by atoms with E-state index in [1.807, 2.05) is 0 Å². The summed E-state index contributed by atoms with van der Waals surface area (Å²) in [6.45, 7) is 0. The summed E-state index contributed by atoms with van der Waals surface area (Å²) in [5.41, 5.74) is 0.327. The highest BCUT2D eigenvalue weighted by atomic mass is 35.5. The lowest BCUT2D eigenvalue weighted by molar-refractivity contribution is -0.305. The van der Waals surface area contributed by atoms with Crippen molar-refractivity contribution >= 4 is 40.9 Å². The summed E-state index contributed by atoms with van der Waals surface area (Å²) in [5.74, 6) is -0.824. The van der Waals surface area contributed by atoms with Gasteiger partial charge in [0, 0.05) is 28.2 Å². The number of thioether (sulfide) groups is 1. The summed E-state index contributed by atoms with van der Waals surface area (Å²) in [5, 5.41) is 19.3. The number of aromatic nitrogens is 3. The molecule has 9 heteroatoms. The van der Waals surface area contributed by atoms with Crippen LogP contribution < -0.4 is 10.7 Å². The van der Waals surface area contributed by atoms with Crippen LogP contribution in [-0.2, 0) is 17.0 Å². The van der Waals surface area contributed by atoms with Crippen LogP contribution in [0.3, 0.4) is 0 Å². The molecule has 0 aliphatic carbocycles. The minimum Gasteiger partial charge on any atom is -0.550 e. The highest BCUT2D eigenvalue weighted by molar-refractivity contribution is 7.98. The lowest BCUT2D eigenvalue weighted by Crippen LogP contribution is -2.25. The van der Waals surface area contributed by atoms with Gasteiger partial charge < -0.3 is 9.90 Å². The maximum Gasteiger partial charge on any atom is 0.273 e. The molecule has 0 unspecified atom stereocenters. The van der Waals surface area contributed by atoms with Crippen molar-refractivity contribution in [3.05, 3.63) is 49.9 Å². The predicted octanol–water partition coefficient (Wildman–Crippen LogP) is 1.45. The van der Waals surface area contributed by atoms with Gasteiger partial charge in [-0.25, -0.2) is 0 Å². The van der Waals surface area contributed by atoms with Gasteiger partial charge in [0.15, 0.2) is 5.16 Å². The largest absolute Gasteiger partial charge is 0.550 e. The van der Waals surface area contributed by atoms with E-state index in [4.69, 9.17) is 23.2 Å². The molecule has 0 radical (unpaired) electrons. The third-order valence-electron chi connectivity index (χ3n) is 2.72. The number of nitrogens with one attached hydrogen (secondary N) is 1. The Morgan fingerprint density at radius 2 is 1.95 bits per heavy atom. The third kappa shape index (κ3) is 4.46. The number of carboxylic acid groups (broad SMARTS) is 1. The summed E-state index contributed by atoms with van der Waals surface area (Å²) >= 11 is 13.3. The van der Waals surface area contributed by atoms with Crippen molar-refractivity contribution in [3.63, 3.8) is 0 Å². The number of H-pyrrole nitrogens is 1. The molecule has 0 aliphatic rings. The summed E-state index contributed by atoms with van der Waals surface area (Å²) in [4.78, 5) is 24.7. The van der Waals surface area contributed by atoms with Gasteiger partial charge in [0.05, 0.1) is 0 Å². The van der Waals surface area contributed by atoms with Crippen LogP contribution in [0.15, 0.2) is 28.2 Å². The van der Waals surface area contributed by atoms with E-state index in [-0.39, 0.29) is 18.5 Å². The first-order valence-corrected chi connectivity index (χ1v) is 7.93. The second-order valence-electron chi connectivity index (χ2n) is 4.27. The zero-order valence-corrected chi connectivity index (χ0v) is 13.5. The van der Waals surface area contributed by atoms with E-state index < -0.39 is 11.5 Å². The maximum atomic E-state index is 11.8. The highest BCUT2D eigenvalue weighted by Gasteiger charge is 2.09. The Morgan fingerprint density at radius 3 is 2.55 bits per heavy atom. The first-order chi connectivity index (χ1) is 10.5. The van der Waals surface area contributed by atoms with Gasteiger partial charge in [-0.3, -0.25) is 9.78 Å². The number of rotatable bonds is 6. The fourth-order valence-electron chi connectivity index (χ4n) is 1.61. The quantitative estimate of drug-likeness (QED) is 0.784. The van der Waals surface area contributed by atoms with Crippen molar-refractivity contribution in [1.82, 2.24) is 15.2 Å². The summed E-state index contributed by atoms with van der Waals surface area (Å²) < 4.78 is 0. The van der Waals surface area contributed by atoms with E-state index in [2.05, 4.69) is 15.2 Å². The molecular weight excluding hydrogens is 349 g/mol. The molecule has 0 amide bonds. The zero-order chi connectivity index (χ0) is 16.1. The van der Waals surface area contributed by atoms with Gasteiger partial charge >= 0.3 is 0 Å². The second kappa shape index (κ2) is 7.62. The van der Waals surface area contributed by atoms with Crippen molar-refractivity contribution in [3.8, 4) is 0 Å². The molecule has 1 aromatic carbocycles. The second-order valence-corrected chi connectivity index (χ2v) is 6.05. The molecule has 0 fully saturated rings. The number of carbonyl (C=O) groups is 1. The van der Waals surface area contributed by atoms with Crippen molar-refractivity contribution in [2.24, 2.45) is 0 Å². The van der Waals surface area contributed by atoms with E-state index in [1.54, 1.807) is 18.2 Å². The lowest BCUT2D eigenvalue weighted by Gasteiger charge is -2.06. The van der Waals surface area contributed by atoms with E-state index in [1.165, 1.54) is 11.8 Å². The molecule has 0 spiro atoms. The van der Waals surface area contributed by atoms with Gasteiger partial charge in [-0.05, 0) is 24.1 Å². The predicted molar refractivity (Wildman–Crippen MR) is 82.0 cm³/mol. The average molecular weight is 359 g/mol. The molecule has 1 heterocycles. The van der Waals surface area contributed by atoms with Gasteiger partial charge in [-0.2, -0.15) is 0 Å². The molecule has 2 aromatic rings. The van der Waals surface area contributed by atoms with Crippen LogP contribution in [0.25, 0.3) is 0 Å². The Hall–Kier alpha value is -1.57. The van der Waals surface area contributed by atoms with E-state index in [0.29, 0.717) is 21.0 Å². The smallest absolute Gasteiger partial charge is 0.273 e. The Morgan fingerprint density at radius 1 is 1.27 bits per heavy atom. The van der Waals surface area contributed by atoms with E-state index in [9.17, 15) is 14.7 Å². The molecule has 0 aliphatic heterocycles. The van der Waals surface area contributed by atoms with Crippen molar-refractivity contribution in [2.75, 3.05) is 0 Å².